The van der Waals surface area contributed by atoms with Gasteiger partial charge in [0.05, 0.1) is 5.02 Å². The lowest BCUT2D eigenvalue weighted by molar-refractivity contribution is 0.271. The van der Waals surface area contributed by atoms with E-state index in [2.05, 4.69) is 6.58 Å². The van der Waals surface area contributed by atoms with Gasteiger partial charge in [0.1, 0.15) is 11.9 Å². The van der Waals surface area contributed by atoms with Gasteiger partial charge in [-0.1, -0.05) is 66.2 Å². The van der Waals surface area contributed by atoms with Crippen LogP contribution in [0.3, 0.4) is 0 Å². The van der Waals surface area contributed by atoms with Gasteiger partial charge in [0.25, 0.3) is 0 Å². The molecule has 1 atom stereocenters. The van der Waals surface area contributed by atoms with Crippen LogP contribution < -0.4 is 4.74 Å². The van der Waals surface area contributed by atoms with Gasteiger partial charge in [0.15, 0.2) is 0 Å². The highest BCUT2D eigenvalue weighted by Gasteiger charge is 2.18. The highest BCUT2D eigenvalue weighted by atomic mass is 35.5. The van der Waals surface area contributed by atoms with Crippen LogP contribution in [-0.2, 0) is 0 Å². The van der Waals surface area contributed by atoms with Crippen molar-refractivity contribution in [3.8, 4) is 16.9 Å². The van der Waals surface area contributed by atoms with Crippen LogP contribution in [0.5, 0.6) is 5.75 Å². The molecule has 0 heterocycles. The van der Waals surface area contributed by atoms with E-state index in [0.29, 0.717) is 15.8 Å². The van der Waals surface area contributed by atoms with Crippen molar-refractivity contribution in [2.45, 2.75) is 20.0 Å². The van der Waals surface area contributed by atoms with Gasteiger partial charge < -0.3 is 4.74 Å². The Bertz CT molecular complexity index is 705. The summed E-state index contributed by atoms with van der Waals surface area (Å²) < 4.78 is 6.06. The first-order valence-corrected chi connectivity index (χ1v) is 7.83. The molecule has 0 aliphatic carbocycles. The van der Waals surface area contributed by atoms with Gasteiger partial charge >= 0.3 is 0 Å². The molecule has 0 bridgehead atoms. The zero-order valence-corrected chi connectivity index (χ0v) is 14.2. The summed E-state index contributed by atoms with van der Waals surface area (Å²) >= 11 is 12.8. The van der Waals surface area contributed by atoms with Gasteiger partial charge in [0, 0.05) is 21.7 Å². The second-order valence-corrected chi connectivity index (χ2v) is 5.69. The summed E-state index contributed by atoms with van der Waals surface area (Å²) in [5, 5.41) is 1.24. The third-order valence-electron chi connectivity index (χ3n) is 3.26. The Morgan fingerprint density at radius 1 is 1.09 bits per heavy atom. The van der Waals surface area contributed by atoms with Crippen LogP contribution in [0.15, 0.2) is 55.1 Å². The van der Waals surface area contributed by atoms with Crippen LogP contribution in [-0.4, -0.2) is 6.10 Å². The van der Waals surface area contributed by atoms with Crippen LogP contribution in [0.4, 0.5) is 0 Å². The molecule has 0 N–H and O–H groups in total. The molecule has 0 aliphatic heterocycles. The largest absolute Gasteiger partial charge is 0.485 e. The molecule has 0 radical (unpaired) electrons. The third-order valence-corrected chi connectivity index (χ3v) is 3.91. The first-order chi connectivity index (χ1) is 10.6. The van der Waals surface area contributed by atoms with Gasteiger partial charge in [-0.3, -0.25) is 0 Å². The Labute approximate surface area is 141 Å². The molecule has 2 rings (SSSR count). The standard InChI is InChI=1S/C19H18Cl2O/c1-4-8-14-11-12-17(21)18(19(14)22-13(3)5-2)15-9-6-7-10-16(15)20/h4-13H,2H2,1,3H3/t13-/m1/s1. The fraction of sp³-hybridized carbons (Fsp3) is 0.158. The number of rotatable bonds is 5. The molecule has 0 aliphatic rings. The average Bonchev–Trinajstić information content (AvgIpc) is 2.51. The maximum atomic E-state index is 6.45. The van der Waals surface area contributed by atoms with E-state index in [1.807, 2.05) is 62.4 Å². The maximum Gasteiger partial charge on any atom is 0.136 e. The van der Waals surface area contributed by atoms with Gasteiger partial charge in [-0.05, 0) is 32.0 Å². The summed E-state index contributed by atoms with van der Waals surface area (Å²) in [4.78, 5) is 0. The summed E-state index contributed by atoms with van der Waals surface area (Å²) in [6, 6.07) is 11.4. The molecule has 0 fully saturated rings. The lowest BCUT2D eigenvalue weighted by Crippen LogP contribution is -2.09. The van der Waals surface area contributed by atoms with Crippen LogP contribution in [0, 0.1) is 0 Å². The van der Waals surface area contributed by atoms with Gasteiger partial charge in [-0.25, -0.2) is 0 Å². The summed E-state index contributed by atoms with van der Waals surface area (Å²) in [5.41, 5.74) is 2.61. The highest BCUT2D eigenvalue weighted by molar-refractivity contribution is 6.37. The van der Waals surface area contributed by atoms with Crippen molar-refractivity contribution in [1.82, 2.24) is 0 Å². The molecule has 0 aromatic heterocycles. The quantitative estimate of drug-likeness (QED) is 0.557. The number of allylic oxidation sites excluding steroid dienone is 1. The Balaban J connectivity index is 2.72. The van der Waals surface area contributed by atoms with E-state index in [1.54, 1.807) is 6.08 Å². The molecule has 0 saturated carbocycles. The number of hydrogen-bond donors (Lipinski definition) is 0. The van der Waals surface area contributed by atoms with E-state index in [1.165, 1.54) is 0 Å². The van der Waals surface area contributed by atoms with Crippen molar-refractivity contribution in [3.63, 3.8) is 0 Å². The van der Waals surface area contributed by atoms with Crippen molar-refractivity contribution >= 4 is 29.3 Å². The zero-order chi connectivity index (χ0) is 16.1. The van der Waals surface area contributed by atoms with Crippen LogP contribution >= 0.6 is 23.2 Å². The molecule has 22 heavy (non-hydrogen) atoms. The Hall–Kier alpha value is -1.70. The van der Waals surface area contributed by atoms with Crippen LogP contribution in [0.25, 0.3) is 17.2 Å². The Morgan fingerprint density at radius 3 is 2.45 bits per heavy atom. The topological polar surface area (TPSA) is 9.23 Å². The molecule has 2 aromatic rings. The molecule has 0 amide bonds. The minimum atomic E-state index is -0.135. The van der Waals surface area contributed by atoms with E-state index in [0.717, 1.165) is 16.7 Å². The summed E-state index contributed by atoms with van der Waals surface area (Å²) in [7, 11) is 0. The number of ether oxygens (including phenoxy) is 1. The molecule has 0 unspecified atom stereocenters. The lowest BCUT2D eigenvalue weighted by Gasteiger charge is -2.19. The normalized spacial score (nSPS) is 12.4. The van der Waals surface area contributed by atoms with E-state index in [-0.39, 0.29) is 6.10 Å². The fourth-order valence-electron chi connectivity index (χ4n) is 2.16. The summed E-state index contributed by atoms with van der Waals surface area (Å²) in [6.45, 7) is 7.67. The first kappa shape index (κ1) is 16.7. The van der Waals surface area contributed by atoms with Crippen molar-refractivity contribution in [2.24, 2.45) is 0 Å². The third kappa shape index (κ3) is 3.55. The van der Waals surface area contributed by atoms with Crippen LogP contribution in [0.1, 0.15) is 19.4 Å². The number of hydrogen-bond acceptors (Lipinski definition) is 1. The molecule has 2 aromatic carbocycles. The predicted octanol–water partition coefficient (Wildman–Crippen LogP) is 6.65. The van der Waals surface area contributed by atoms with Crippen molar-refractivity contribution in [1.29, 1.82) is 0 Å². The van der Waals surface area contributed by atoms with Crippen molar-refractivity contribution < 1.29 is 4.74 Å². The summed E-state index contributed by atoms with van der Waals surface area (Å²) in [5.74, 6) is 0.714. The fourth-order valence-corrected chi connectivity index (χ4v) is 2.64. The molecule has 1 nitrogen and oxygen atoms in total. The molecular weight excluding hydrogens is 315 g/mol. The SMILES string of the molecule is C=C[C@@H](C)Oc1c(C=CC)ccc(Cl)c1-c1ccccc1Cl. The molecule has 0 spiro atoms. The monoisotopic (exact) mass is 332 g/mol. The van der Waals surface area contributed by atoms with E-state index < -0.39 is 0 Å². The highest BCUT2D eigenvalue weighted by Crippen LogP contribution is 2.43. The van der Waals surface area contributed by atoms with Crippen molar-refractivity contribution in [2.75, 3.05) is 0 Å². The molecule has 3 heteroatoms. The van der Waals surface area contributed by atoms with E-state index in [4.69, 9.17) is 27.9 Å². The Kier molecular flexibility index (Phi) is 5.70. The summed E-state index contributed by atoms with van der Waals surface area (Å²) in [6.07, 6.45) is 5.56. The van der Waals surface area contributed by atoms with Gasteiger partial charge in [-0.15, -0.1) is 0 Å². The zero-order valence-electron chi connectivity index (χ0n) is 12.6. The average molecular weight is 333 g/mol. The second-order valence-electron chi connectivity index (χ2n) is 4.88. The van der Waals surface area contributed by atoms with E-state index >= 15 is 0 Å². The second kappa shape index (κ2) is 7.53. The van der Waals surface area contributed by atoms with E-state index in [9.17, 15) is 0 Å². The first-order valence-electron chi connectivity index (χ1n) is 7.07. The molecular formula is C19H18Cl2O. The Morgan fingerprint density at radius 2 is 1.82 bits per heavy atom. The predicted molar refractivity (Wildman–Crippen MR) is 96.9 cm³/mol. The van der Waals surface area contributed by atoms with Gasteiger partial charge in [0.2, 0.25) is 0 Å². The van der Waals surface area contributed by atoms with Crippen LogP contribution in [0.2, 0.25) is 10.0 Å². The molecule has 0 saturated heterocycles. The number of benzene rings is 2. The van der Waals surface area contributed by atoms with Crippen molar-refractivity contribution in [3.05, 3.63) is 70.7 Å². The lowest BCUT2D eigenvalue weighted by atomic mass is 10.0. The molecule has 114 valence electrons. The minimum Gasteiger partial charge on any atom is -0.485 e. The number of halogens is 2. The maximum absolute atomic E-state index is 6.45. The minimum absolute atomic E-state index is 0.135. The van der Waals surface area contributed by atoms with Gasteiger partial charge in [-0.2, -0.15) is 0 Å². The smallest absolute Gasteiger partial charge is 0.136 e.